The first-order valence-electron chi connectivity index (χ1n) is 9.74. The van der Waals surface area contributed by atoms with Crippen molar-refractivity contribution in [1.29, 1.82) is 0 Å². The largest absolute Gasteiger partial charge is 0.464 e. The van der Waals surface area contributed by atoms with Gasteiger partial charge in [-0.2, -0.15) is 5.12 Å². The van der Waals surface area contributed by atoms with Gasteiger partial charge in [0.1, 0.15) is 17.5 Å². The Balaban J connectivity index is 1.60. The van der Waals surface area contributed by atoms with Gasteiger partial charge in [-0.1, -0.05) is 6.07 Å². The Labute approximate surface area is 181 Å². The molecule has 1 fully saturated rings. The Bertz CT molecular complexity index is 1070. The van der Waals surface area contributed by atoms with Gasteiger partial charge in [0.15, 0.2) is 11.5 Å². The molecule has 2 N–H and O–H groups in total. The van der Waals surface area contributed by atoms with Crippen molar-refractivity contribution in [3.63, 3.8) is 0 Å². The fourth-order valence-electron chi connectivity index (χ4n) is 3.34. The molecule has 2 aliphatic rings. The van der Waals surface area contributed by atoms with Crippen molar-refractivity contribution in [2.45, 2.75) is 0 Å². The molecule has 0 atom stereocenters. The van der Waals surface area contributed by atoms with Crippen molar-refractivity contribution in [1.82, 2.24) is 15.5 Å². The highest BCUT2D eigenvalue weighted by Crippen LogP contribution is 2.26. The summed E-state index contributed by atoms with van der Waals surface area (Å²) in [7, 11) is 1.19. The van der Waals surface area contributed by atoms with Crippen molar-refractivity contribution >= 4 is 23.2 Å². The van der Waals surface area contributed by atoms with E-state index >= 15 is 0 Å². The van der Waals surface area contributed by atoms with Crippen LogP contribution in [0.1, 0.15) is 5.56 Å². The first kappa shape index (κ1) is 21.5. The lowest BCUT2D eigenvalue weighted by molar-refractivity contribution is -0.138. The van der Waals surface area contributed by atoms with Crippen molar-refractivity contribution in [3.05, 3.63) is 71.3 Å². The third kappa shape index (κ3) is 4.33. The number of pyridine rings is 1. The monoisotopic (exact) mass is 447 g/mol. The number of ether oxygens (including phenoxy) is 2. The van der Waals surface area contributed by atoms with E-state index in [0.29, 0.717) is 32.0 Å². The second kappa shape index (κ2) is 9.18. The van der Waals surface area contributed by atoms with Crippen LogP contribution >= 0.6 is 0 Å². The number of aromatic nitrogens is 1. The van der Waals surface area contributed by atoms with Crippen molar-refractivity contribution in [2.24, 2.45) is 0 Å². The number of nitrogens with one attached hydrogen (secondary N) is 2. The number of hydrazine groups is 2. The van der Waals surface area contributed by atoms with Gasteiger partial charge in [-0.3, -0.25) is 10.9 Å². The predicted octanol–water partition coefficient (Wildman–Crippen LogP) is 2.58. The van der Waals surface area contributed by atoms with Crippen LogP contribution in [-0.4, -0.2) is 49.5 Å². The van der Waals surface area contributed by atoms with E-state index in [0.717, 1.165) is 23.3 Å². The molecule has 2 aliphatic heterocycles. The van der Waals surface area contributed by atoms with Gasteiger partial charge in [-0.05, 0) is 24.3 Å². The predicted molar refractivity (Wildman–Crippen MR) is 110 cm³/mol. The van der Waals surface area contributed by atoms with Gasteiger partial charge in [0.25, 0.3) is 0 Å². The summed E-state index contributed by atoms with van der Waals surface area (Å²) in [6.07, 6.45) is 4.01. The molecule has 0 bridgehead atoms. The number of methoxy groups -OCH3 is 1. The topological polar surface area (TPSA) is 79.0 Å². The van der Waals surface area contributed by atoms with Gasteiger partial charge in [0, 0.05) is 19.2 Å². The normalized spacial score (nSPS) is 16.1. The molecule has 168 valence electrons. The highest BCUT2D eigenvalue weighted by Gasteiger charge is 2.26. The Kier molecular flexibility index (Phi) is 6.17. The number of hydrogen-bond donors (Lipinski definition) is 2. The standard InChI is InChI=1S/C21H20F3N5O3/c1-31-21(30)17-6-5-16(20-13(22)3-2-4-14(20)23)26-29(17)27-19-11-15(24)18(12-25-19)28-7-9-32-10-8-28/h2-6,11-12,26H,7-10H2,1H3,(H,25,27). The molecule has 2 aromatic rings. The minimum absolute atomic E-state index is 0.0335. The second-order valence-corrected chi connectivity index (χ2v) is 6.90. The summed E-state index contributed by atoms with van der Waals surface area (Å²) in [5.74, 6) is -2.80. The molecular weight excluding hydrogens is 427 g/mol. The molecule has 0 unspecified atom stereocenters. The van der Waals surface area contributed by atoms with E-state index in [4.69, 9.17) is 9.47 Å². The number of allylic oxidation sites excluding steroid dienone is 2. The first-order valence-corrected chi connectivity index (χ1v) is 9.74. The molecule has 1 saturated heterocycles. The van der Waals surface area contributed by atoms with Crippen LogP contribution in [0.5, 0.6) is 0 Å². The number of morpholine rings is 1. The first-order chi connectivity index (χ1) is 15.5. The quantitative estimate of drug-likeness (QED) is 0.678. The van der Waals surface area contributed by atoms with Crippen molar-refractivity contribution in [2.75, 3.05) is 43.7 Å². The van der Waals surface area contributed by atoms with Gasteiger partial charge in [0.2, 0.25) is 0 Å². The lowest BCUT2D eigenvalue weighted by Crippen LogP contribution is -2.45. The molecule has 0 aliphatic carbocycles. The van der Waals surface area contributed by atoms with Crippen molar-refractivity contribution in [3.8, 4) is 0 Å². The van der Waals surface area contributed by atoms with E-state index in [1.54, 1.807) is 0 Å². The highest BCUT2D eigenvalue weighted by atomic mass is 19.1. The number of carbonyl (C=O) groups is 1. The molecule has 0 radical (unpaired) electrons. The summed E-state index contributed by atoms with van der Waals surface area (Å²) in [5.41, 5.74) is 5.44. The second-order valence-electron chi connectivity index (χ2n) is 6.90. The Morgan fingerprint density at radius 2 is 1.88 bits per heavy atom. The molecule has 0 amide bonds. The van der Waals surface area contributed by atoms with Crippen LogP contribution in [0, 0.1) is 17.5 Å². The lowest BCUT2D eigenvalue weighted by Gasteiger charge is -2.32. The van der Waals surface area contributed by atoms with E-state index in [1.165, 1.54) is 31.5 Å². The highest BCUT2D eigenvalue weighted by molar-refractivity contribution is 5.89. The SMILES string of the molecule is COC(=O)C1=CC=C(c2c(F)cccc2F)NN1Nc1cc(F)c(N2CCOCC2)cn1. The Morgan fingerprint density at radius 3 is 2.53 bits per heavy atom. The third-order valence-corrected chi connectivity index (χ3v) is 4.92. The number of halogens is 3. The zero-order chi connectivity index (χ0) is 22.7. The molecule has 1 aromatic carbocycles. The Morgan fingerprint density at radius 1 is 1.16 bits per heavy atom. The van der Waals surface area contributed by atoms with Gasteiger partial charge < -0.3 is 14.4 Å². The summed E-state index contributed by atoms with van der Waals surface area (Å²) in [6, 6.07) is 4.62. The maximum Gasteiger partial charge on any atom is 0.358 e. The number of anilines is 2. The maximum atomic E-state index is 14.7. The fourth-order valence-corrected chi connectivity index (χ4v) is 3.34. The molecule has 0 saturated carbocycles. The average Bonchev–Trinajstić information content (AvgIpc) is 2.79. The smallest absolute Gasteiger partial charge is 0.358 e. The van der Waals surface area contributed by atoms with E-state index in [2.05, 4.69) is 15.8 Å². The molecule has 0 spiro atoms. The molecule has 32 heavy (non-hydrogen) atoms. The van der Waals surface area contributed by atoms with Crippen LogP contribution in [0.15, 0.2) is 48.3 Å². The zero-order valence-electron chi connectivity index (χ0n) is 17.1. The number of benzene rings is 1. The number of hydrogen-bond acceptors (Lipinski definition) is 8. The summed E-state index contributed by atoms with van der Waals surface area (Å²) in [4.78, 5) is 18.2. The van der Waals surface area contributed by atoms with Gasteiger partial charge in [0.05, 0.1) is 43.5 Å². The molecule has 3 heterocycles. The van der Waals surface area contributed by atoms with E-state index in [9.17, 15) is 18.0 Å². The number of nitrogens with zero attached hydrogens (tertiary/aromatic N) is 3. The molecule has 1 aromatic heterocycles. The van der Waals surface area contributed by atoms with E-state index in [-0.39, 0.29) is 22.8 Å². The van der Waals surface area contributed by atoms with Crippen LogP contribution in [0.2, 0.25) is 0 Å². The summed E-state index contributed by atoms with van der Waals surface area (Å²) in [6.45, 7) is 2.06. The number of rotatable bonds is 5. The van der Waals surface area contributed by atoms with E-state index < -0.39 is 23.4 Å². The molecular formula is C21H20F3N5O3. The van der Waals surface area contributed by atoms with Gasteiger partial charge in [-0.25, -0.2) is 22.9 Å². The average molecular weight is 447 g/mol. The third-order valence-electron chi connectivity index (χ3n) is 4.92. The van der Waals surface area contributed by atoms with Crippen LogP contribution in [0.25, 0.3) is 5.70 Å². The number of esters is 1. The zero-order valence-corrected chi connectivity index (χ0v) is 17.1. The van der Waals surface area contributed by atoms with Gasteiger partial charge >= 0.3 is 5.97 Å². The van der Waals surface area contributed by atoms with Crippen LogP contribution < -0.4 is 15.8 Å². The van der Waals surface area contributed by atoms with Crippen molar-refractivity contribution < 1.29 is 27.4 Å². The lowest BCUT2D eigenvalue weighted by atomic mass is 10.1. The minimum atomic E-state index is -0.794. The Hall–Kier alpha value is -3.73. The number of carbonyl (C=O) groups excluding carboxylic acids is 1. The minimum Gasteiger partial charge on any atom is -0.464 e. The van der Waals surface area contributed by atoms with Crippen LogP contribution in [0.4, 0.5) is 24.7 Å². The summed E-state index contributed by atoms with van der Waals surface area (Å²) >= 11 is 0. The maximum absolute atomic E-state index is 14.7. The molecule has 4 rings (SSSR count). The summed E-state index contributed by atoms with van der Waals surface area (Å²) < 4.78 is 53.2. The summed E-state index contributed by atoms with van der Waals surface area (Å²) in [5, 5.41) is 1.06. The molecule has 8 nitrogen and oxygen atoms in total. The van der Waals surface area contributed by atoms with Crippen LogP contribution in [-0.2, 0) is 14.3 Å². The van der Waals surface area contributed by atoms with Gasteiger partial charge in [-0.15, -0.1) is 0 Å². The fraction of sp³-hybridized carbons (Fsp3) is 0.238. The van der Waals surface area contributed by atoms with E-state index in [1.807, 2.05) is 4.90 Å². The molecule has 11 heteroatoms. The van der Waals surface area contributed by atoms with Crippen LogP contribution in [0.3, 0.4) is 0 Å².